The number of hydrogen-bond acceptors (Lipinski definition) is 4. The average Bonchev–Trinajstić information content (AvgIpc) is 2.80. The van der Waals surface area contributed by atoms with Gasteiger partial charge in [0, 0.05) is 26.3 Å². The summed E-state index contributed by atoms with van der Waals surface area (Å²) in [4.78, 5) is 50.1. The maximum absolute atomic E-state index is 12.2. The molecule has 0 aliphatic carbocycles. The summed E-state index contributed by atoms with van der Waals surface area (Å²) in [6.45, 7) is 1.88. The second-order valence-corrected chi connectivity index (χ2v) is 5.21. The first-order valence-electron chi connectivity index (χ1n) is 6.08. The summed E-state index contributed by atoms with van der Waals surface area (Å²) in [5.74, 6) is -1.53. The van der Waals surface area contributed by atoms with Crippen LogP contribution in [0.25, 0.3) is 0 Å². The molecule has 2 heterocycles. The molecule has 1 aliphatic rings. The van der Waals surface area contributed by atoms with Crippen molar-refractivity contribution in [3.63, 3.8) is 0 Å². The van der Waals surface area contributed by atoms with E-state index in [-0.39, 0.29) is 18.7 Å². The number of nitrogens with one attached hydrogen (secondary N) is 1. The molecule has 1 fully saturated rings. The Bertz CT molecular complexity index is 689. The fourth-order valence-corrected chi connectivity index (χ4v) is 2.20. The molecule has 108 valence electrons. The smallest absolute Gasteiger partial charge is 0.328 e. The van der Waals surface area contributed by atoms with E-state index in [9.17, 15) is 19.2 Å². The molecule has 1 unspecified atom stereocenters. The first-order chi connectivity index (χ1) is 9.26. The lowest BCUT2D eigenvalue weighted by molar-refractivity contribution is -0.147. The minimum absolute atomic E-state index is 0.0451. The van der Waals surface area contributed by atoms with E-state index in [1.807, 2.05) is 0 Å². The molecular formula is C12H15N3O5. The fourth-order valence-electron chi connectivity index (χ4n) is 2.20. The standard InChI is InChI=1S/C12H15N3O5/c1-12(10(18)19)3-4-15(6-12)9(17)7-5-13-11(20)14(2)8(7)16/h5H,3-4,6H2,1-2H3,(H,13,20)(H,18,19). The number of carbonyl (C=O) groups excluding carboxylic acids is 1. The Balaban J connectivity index is 2.31. The minimum Gasteiger partial charge on any atom is -0.481 e. The summed E-state index contributed by atoms with van der Waals surface area (Å²) in [5, 5.41) is 9.13. The third-order valence-corrected chi connectivity index (χ3v) is 3.69. The van der Waals surface area contributed by atoms with Crippen molar-refractivity contribution in [3.05, 3.63) is 32.6 Å². The van der Waals surface area contributed by atoms with E-state index in [2.05, 4.69) is 4.98 Å². The zero-order valence-corrected chi connectivity index (χ0v) is 11.2. The molecule has 2 rings (SSSR count). The monoisotopic (exact) mass is 281 g/mol. The molecule has 1 aliphatic heterocycles. The van der Waals surface area contributed by atoms with Gasteiger partial charge in [0.1, 0.15) is 5.56 Å². The Morgan fingerprint density at radius 1 is 1.40 bits per heavy atom. The third kappa shape index (κ3) is 2.13. The normalized spacial score (nSPS) is 22.0. The van der Waals surface area contributed by atoms with Crippen LogP contribution in [0, 0.1) is 5.41 Å². The van der Waals surface area contributed by atoms with Crippen LogP contribution in [0.2, 0.25) is 0 Å². The Hall–Kier alpha value is -2.38. The number of rotatable bonds is 2. The quantitative estimate of drug-likeness (QED) is 0.722. The highest BCUT2D eigenvalue weighted by molar-refractivity contribution is 5.94. The summed E-state index contributed by atoms with van der Waals surface area (Å²) >= 11 is 0. The predicted octanol–water partition coefficient (Wildman–Crippen LogP) is -0.990. The summed E-state index contributed by atoms with van der Waals surface area (Å²) in [5.41, 5.74) is -2.46. The number of aromatic nitrogens is 2. The van der Waals surface area contributed by atoms with Crippen molar-refractivity contribution in [2.45, 2.75) is 13.3 Å². The van der Waals surface area contributed by atoms with Gasteiger partial charge in [-0.15, -0.1) is 0 Å². The van der Waals surface area contributed by atoms with Gasteiger partial charge >= 0.3 is 11.7 Å². The Morgan fingerprint density at radius 3 is 2.60 bits per heavy atom. The topological polar surface area (TPSA) is 112 Å². The number of nitrogens with zero attached hydrogens (tertiary/aromatic N) is 2. The number of carboxylic acids is 1. The van der Waals surface area contributed by atoms with Crippen molar-refractivity contribution in [3.8, 4) is 0 Å². The number of H-pyrrole nitrogens is 1. The van der Waals surface area contributed by atoms with Gasteiger partial charge in [-0.3, -0.25) is 19.0 Å². The van der Waals surface area contributed by atoms with Crippen LogP contribution < -0.4 is 11.2 Å². The van der Waals surface area contributed by atoms with Gasteiger partial charge in [-0.25, -0.2) is 4.79 Å². The molecule has 0 saturated carbocycles. The van der Waals surface area contributed by atoms with Gasteiger partial charge in [0.05, 0.1) is 5.41 Å². The third-order valence-electron chi connectivity index (χ3n) is 3.69. The number of aliphatic carboxylic acids is 1. The lowest BCUT2D eigenvalue weighted by Crippen LogP contribution is -2.41. The number of amides is 1. The molecule has 1 aromatic rings. The van der Waals surface area contributed by atoms with Crippen LogP contribution in [-0.4, -0.2) is 44.5 Å². The molecule has 2 N–H and O–H groups in total. The average molecular weight is 281 g/mol. The second-order valence-electron chi connectivity index (χ2n) is 5.21. The maximum Gasteiger partial charge on any atom is 0.328 e. The van der Waals surface area contributed by atoms with Crippen molar-refractivity contribution in [1.29, 1.82) is 0 Å². The van der Waals surface area contributed by atoms with E-state index in [0.717, 1.165) is 10.8 Å². The molecule has 8 heteroatoms. The lowest BCUT2D eigenvalue weighted by atomic mass is 9.90. The Labute approximate surface area is 113 Å². The number of hydrogen-bond donors (Lipinski definition) is 2. The van der Waals surface area contributed by atoms with Gasteiger partial charge < -0.3 is 15.0 Å². The summed E-state index contributed by atoms with van der Waals surface area (Å²) in [6.07, 6.45) is 1.40. The summed E-state index contributed by atoms with van der Waals surface area (Å²) in [6, 6.07) is 0. The highest BCUT2D eigenvalue weighted by Crippen LogP contribution is 2.30. The van der Waals surface area contributed by atoms with E-state index in [1.165, 1.54) is 11.9 Å². The molecule has 0 spiro atoms. The van der Waals surface area contributed by atoms with E-state index in [0.29, 0.717) is 6.42 Å². The number of carbonyl (C=O) groups is 2. The Morgan fingerprint density at radius 2 is 2.05 bits per heavy atom. The van der Waals surface area contributed by atoms with E-state index in [1.54, 1.807) is 6.92 Å². The first-order valence-corrected chi connectivity index (χ1v) is 6.08. The van der Waals surface area contributed by atoms with Crippen LogP contribution in [0.15, 0.2) is 15.8 Å². The van der Waals surface area contributed by atoms with Gasteiger partial charge in [-0.2, -0.15) is 0 Å². The largest absolute Gasteiger partial charge is 0.481 e. The lowest BCUT2D eigenvalue weighted by Gasteiger charge is -2.20. The zero-order valence-electron chi connectivity index (χ0n) is 11.2. The summed E-state index contributed by atoms with van der Waals surface area (Å²) in [7, 11) is 1.27. The maximum atomic E-state index is 12.2. The molecule has 1 saturated heterocycles. The van der Waals surface area contributed by atoms with Gasteiger partial charge in [-0.1, -0.05) is 0 Å². The van der Waals surface area contributed by atoms with Gasteiger partial charge in [0.15, 0.2) is 0 Å². The van der Waals surface area contributed by atoms with E-state index in [4.69, 9.17) is 5.11 Å². The van der Waals surface area contributed by atoms with Gasteiger partial charge in [0.25, 0.3) is 11.5 Å². The predicted molar refractivity (Wildman–Crippen MR) is 68.6 cm³/mol. The highest BCUT2D eigenvalue weighted by Gasteiger charge is 2.42. The SMILES string of the molecule is Cn1c(=O)[nH]cc(C(=O)N2CCC(C)(C(=O)O)C2)c1=O. The van der Waals surface area contributed by atoms with Crippen LogP contribution in [0.5, 0.6) is 0 Å². The summed E-state index contributed by atoms with van der Waals surface area (Å²) < 4.78 is 0.805. The molecule has 8 nitrogen and oxygen atoms in total. The molecule has 0 aromatic carbocycles. The van der Waals surface area contributed by atoms with Crippen LogP contribution in [-0.2, 0) is 11.8 Å². The number of aromatic amines is 1. The molecular weight excluding hydrogens is 266 g/mol. The van der Waals surface area contributed by atoms with Crippen molar-refractivity contribution >= 4 is 11.9 Å². The fraction of sp³-hybridized carbons (Fsp3) is 0.500. The number of carboxylic acid groups (broad SMARTS) is 1. The van der Waals surface area contributed by atoms with Crippen molar-refractivity contribution in [1.82, 2.24) is 14.5 Å². The van der Waals surface area contributed by atoms with Gasteiger partial charge in [0.2, 0.25) is 0 Å². The Kier molecular flexibility index (Phi) is 3.24. The van der Waals surface area contributed by atoms with Crippen LogP contribution in [0.3, 0.4) is 0 Å². The molecule has 1 atom stereocenters. The molecule has 0 bridgehead atoms. The number of likely N-dealkylation sites (tertiary alicyclic amines) is 1. The van der Waals surface area contributed by atoms with Crippen molar-refractivity contribution < 1.29 is 14.7 Å². The van der Waals surface area contributed by atoms with E-state index < -0.39 is 28.5 Å². The van der Waals surface area contributed by atoms with Crippen LogP contribution in [0.4, 0.5) is 0 Å². The first kappa shape index (κ1) is 14.0. The van der Waals surface area contributed by atoms with Crippen molar-refractivity contribution in [2.75, 3.05) is 13.1 Å². The van der Waals surface area contributed by atoms with Crippen molar-refractivity contribution in [2.24, 2.45) is 12.5 Å². The molecule has 20 heavy (non-hydrogen) atoms. The highest BCUT2D eigenvalue weighted by atomic mass is 16.4. The van der Waals surface area contributed by atoms with Crippen LogP contribution >= 0.6 is 0 Å². The van der Waals surface area contributed by atoms with Gasteiger partial charge in [-0.05, 0) is 13.3 Å². The minimum atomic E-state index is -0.997. The molecule has 1 amide bonds. The zero-order chi connectivity index (χ0) is 15.1. The van der Waals surface area contributed by atoms with E-state index >= 15 is 0 Å². The second kappa shape index (κ2) is 4.62. The van der Waals surface area contributed by atoms with Crippen LogP contribution in [0.1, 0.15) is 23.7 Å². The molecule has 0 radical (unpaired) electrons. The molecule has 1 aromatic heterocycles.